The van der Waals surface area contributed by atoms with E-state index < -0.39 is 0 Å². The van der Waals surface area contributed by atoms with E-state index in [0.29, 0.717) is 18.8 Å². The van der Waals surface area contributed by atoms with Gasteiger partial charge in [-0.2, -0.15) is 0 Å². The van der Waals surface area contributed by atoms with Gasteiger partial charge in [-0.1, -0.05) is 29.8 Å². The van der Waals surface area contributed by atoms with E-state index in [1.165, 1.54) is 11.3 Å². The first-order valence-corrected chi connectivity index (χ1v) is 8.52. The van der Waals surface area contributed by atoms with E-state index in [9.17, 15) is 4.79 Å². The zero-order valence-corrected chi connectivity index (χ0v) is 14.5. The van der Waals surface area contributed by atoms with Gasteiger partial charge in [0.05, 0.1) is 21.7 Å². The van der Waals surface area contributed by atoms with Crippen molar-refractivity contribution < 1.29 is 9.53 Å². The molecule has 1 aromatic carbocycles. The van der Waals surface area contributed by atoms with Crippen LogP contribution in [-0.2, 0) is 13.1 Å². The van der Waals surface area contributed by atoms with Crippen molar-refractivity contribution in [2.45, 2.75) is 20.0 Å². The molecule has 0 bridgehead atoms. The summed E-state index contributed by atoms with van der Waals surface area (Å²) < 4.78 is 9.05. The summed E-state index contributed by atoms with van der Waals surface area (Å²) in [5.41, 5.74) is 2.60. The highest BCUT2D eigenvalue weighted by molar-refractivity contribution is 7.22. The number of fused-ring (bicyclic) bond motifs is 1. The first-order chi connectivity index (χ1) is 11.1. The predicted molar refractivity (Wildman–Crippen MR) is 94.7 cm³/mol. The molecular formula is C17H17ClN2O2S. The lowest BCUT2D eigenvalue weighted by Crippen LogP contribution is -2.25. The van der Waals surface area contributed by atoms with Crippen LogP contribution < -0.4 is 10.1 Å². The topological polar surface area (TPSA) is 43.3 Å². The Morgan fingerprint density at radius 3 is 2.87 bits per heavy atom. The van der Waals surface area contributed by atoms with Crippen LogP contribution in [0, 0.1) is 0 Å². The number of benzene rings is 1. The fourth-order valence-electron chi connectivity index (χ4n) is 2.66. The van der Waals surface area contributed by atoms with Gasteiger partial charge in [0.25, 0.3) is 5.91 Å². The van der Waals surface area contributed by atoms with Gasteiger partial charge < -0.3 is 14.6 Å². The molecule has 6 heteroatoms. The molecule has 0 unspecified atom stereocenters. The zero-order chi connectivity index (χ0) is 16.4. The number of hydrogen-bond donors (Lipinski definition) is 1. The van der Waals surface area contributed by atoms with Crippen molar-refractivity contribution in [3.05, 3.63) is 52.0 Å². The number of nitrogens with one attached hydrogen (secondary N) is 1. The smallest absolute Gasteiger partial charge is 0.268 e. The maximum absolute atomic E-state index is 12.5. The quantitative estimate of drug-likeness (QED) is 0.746. The highest BCUT2D eigenvalue weighted by Gasteiger charge is 2.17. The van der Waals surface area contributed by atoms with Gasteiger partial charge in [-0.3, -0.25) is 4.79 Å². The molecule has 0 spiro atoms. The number of carbonyl (C=O) groups excluding carboxylic acids is 1. The van der Waals surface area contributed by atoms with E-state index in [0.717, 1.165) is 25.9 Å². The van der Waals surface area contributed by atoms with Crippen molar-refractivity contribution >= 4 is 39.1 Å². The Morgan fingerprint density at radius 2 is 2.13 bits per heavy atom. The fraction of sp³-hybridized carbons (Fsp3) is 0.235. The van der Waals surface area contributed by atoms with E-state index >= 15 is 0 Å². The molecule has 1 amide bonds. The van der Waals surface area contributed by atoms with Crippen LogP contribution in [0.25, 0.3) is 10.2 Å². The Kier molecular flexibility index (Phi) is 4.59. The Morgan fingerprint density at radius 1 is 1.35 bits per heavy atom. The van der Waals surface area contributed by atoms with Crippen molar-refractivity contribution in [1.82, 2.24) is 9.88 Å². The monoisotopic (exact) mass is 348 g/mol. The molecule has 3 aromatic rings. The van der Waals surface area contributed by atoms with Gasteiger partial charge in [-0.05, 0) is 25.1 Å². The first-order valence-electron chi connectivity index (χ1n) is 7.32. The van der Waals surface area contributed by atoms with E-state index in [2.05, 4.69) is 5.32 Å². The van der Waals surface area contributed by atoms with Gasteiger partial charge in [0.15, 0.2) is 0 Å². The molecule has 0 atom stereocenters. The second-order valence-electron chi connectivity index (χ2n) is 5.07. The summed E-state index contributed by atoms with van der Waals surface area (Å²) in [6.45, 7) is 3.15. The summed E-state index contributed by atoms with van der Waals surface area (Å²) in [7, 11) is 1.63. The van der Waals surface area contributed by atoms with Crippen molar-refractivity contribution in [3.8, 4) is 5.75 Å². The molecule has 0 saturated carbocycles. The standard InChI is InChI=1S/C17H17ClN2O2S/c1-3-20-12-9-16(18)23-15(12)8-13(20)17(21)19-10-11-6-4-5-7-14(11)22-2/h4-9H,3,10H2,1-2H3,(H,19,21). The molecule has 3 rings (SSSR count). The summed E-state index contributed by atoms with van der Waals surface area (Å²) in [5.74, 6) is 0.670. The van der Waals surface area contributed by atoms with Crippen LogP contribution in [0.1, 0.15) is 23.0 Å². The molecule has 2 heterocycles. The molecule has 0 aliphatic carbocycles. The van der Waals surface area contributed by atoms with Crippen molar-refractivity contribution in [3.63, 3.8) is 0 Å². The lowest BCUT2D eigenvalue weighted by molar-refractivity contribution is 0.0942. The van der Waals surface area contributed by atoms with E-state index in [1.54, 1.807) is 7.11 Å². The third-order valence-corrected chi connectivity index (χ3v) is 4.94. The van der Waals surface area contributed by atoms with Crippen molar-refractivity contribution in [2.75, 3.05) is 7.11 Å². The third kappa shape index (κ3) is 3.07. The highest BCUT2D eigenvalue weighted by Crippen LogP contribution is 2.32. The summed E-state index contributed by atoms with van der Waals surface area (Å²) in [6.07, 6.45) is 0. The second-order valence-corrected chi connectivity index (χ2v) is 6.78. The van der Waals surface area contributed by atoms with Crippen molar-refractivity contribution in [2.24, 2.45) is 0 Å². The average Bonchev–Trinajstić information content (AvgIpc) is 3.08. The first kappa shape index (κ1) is 15.9. The lowest BCUT2D eigenvalue weighted by atomic mass is 10.2. The van der Waals surface area contributed by atoms with Gasteiger partial charge in [0.2, 0.25) is 0 Å². The largest absolute Gasteiger partial charge is 0.496 e. The molecule has 0 saturated heterocycles. The third-order valence-electron chi connectivity index (χ3n) is 3.74. The Hall–Kier alpha value is -1.98. The van der Waals surface area contributed by atoms with Crippen molar-refractivity contribution in [1.29, 1.82) is 0 Å². The normalized spacial score (nSPS) is 10.9. The average molecular weight is 349 g/mol. The van der Waals surface area contributed by atoms with E-state index in [4.69, 9.17) is 16.3 Å². The van der Waals surface area contributed by atoms with Crippen LogP contribution in [0.4, 0.5) is 0 Å². The zero-order valence-electron chi connectivity index (χ0n) is 12.9. The van der Waals surface area contributed by atoms with Gasteiger partial charge in [-0.25, -0.2) is 0 Å². The van der Waals surface area contributed by atoms with Crippen LogP contribution in [0.5, 0.6) is 5.75 Å². The Labute approximate surface area is 143 Å². The molecule has 0 aliphatic rings. The molecule has 0 fully saturated rings. The number of para-hydroxylation sites is 1. The maximum atomic E-state index is 12.5. The Bertz CT molecular complexity index is 854. The summed E-state index contributed by atoms with van der Waals surface area (Å²) in [6, 6.07) is 11.5. The molecule has 0 aliphatic heterocycles. The number of hydrogen-bond acceptors (Lipinski definition) is 3. The van der Waals surface area contributed by atoms with Gasteiger partial charge in [0.1, 0.15) is 11.4 Å². The number of ether oxygens (including phenoxy) is 1. The second kappa shape index (κ2) is 6.64. The summed E-state index contributed by atoms with van der Waals surface area (Å²) in [5, 5.41) is 2.96. The van der Waals surface area contributed by atoms with Gasteiger partial charge in [-0.15, -0.1) is 11.3 Å². The van der Waals surface area contributed by atoms with Gasteiger partial charge in [0, 0.05) is 18.7 Å². The SMILES string of the molecule is CCn1c(C(=O)NCc2ccccc2OC)cc2sc(Cl)cc21. The number of methoxy groups -OCH3 is 1. The van der Waals surface area contributed by atoms with Crippen LogP contribution in [0.15, 0.2) is 36.4 Å². The summed E-state index contributed by atoms with van der Waals surface area (Å²) in [4.78, 5) is 12.5. The number of nitrogens with zero attached hydrogens (tertiary/aromatic N) is 1. The number of amides is 1. The minimum absolute atomic E-state index is 0.0997. The lowest BCUT2D eigenvalue weighted by Gasteiger charge is -2.11. The molecular weight excluding hydrogens is 332 g/mol. The maximum Gasteiger partial charge on any atom is 0.268 e. The number of halogens is 1. The molecule has 1 N–H and O–H groups in total. The molecule has 23 heavy (non-hydrogen) atoms. The van der Waals surface area contributed by atoms with Crippen LogP contribution in [-0.4, -0.2) is 17.6 Å². The van der Waals surface area contributed by atoms with Crippen LogP contribution >= 0.6 is 22.9 Å². The van der Waals surface area contributed by atoms with Crippen LogP contribution in [0.3, 0.4) is 0 Å². The predicted octanol–water partition coefficient (Wildman–Crippen LogP) is 4.31. The molecule has 2 aromatic heterocycles. The fourth-order valence-corrected chi connectivity index (χ4v) is 3.83. The minimum Gasteiger partial charge on any atom is -0.496 e. The number of thiophene rings is 1. The molecule has 4 nitrogen and oxygen atoms in total. The number of aromatic nitrogens is 1. The Balaban J connectivity index is 1.82. The van der Waals surface area contributed by atoms with E-state index in [-0.39, 0.29) is 5.91 Å². The van der Waals surface area contributed by atoms with Crippen LogP contribution in [0.2, 0.25) is 4.34 Å². The highest BCUT2D eigenvalue weighted by atomic mass is 35.5. The molecule has 120 valence electrons. The minimum atomic E-state index is -0.0997. The number of carbonyl (C=O) groups is 1. The summed E-state index contributed by atoms with van der Waals surface area (Å²) >= 11 is 7.54. The number of rotatable bonds is 5. The molecule has 0 radical (unpaired) electrons. The number of aryl methyl sites for hydroxylation is 1. The van der Waals surface area contributed by atoms with Gasteiger partial charge >= 0.3 is 0 Å². The van der Waals surface area contributed by atoms with E-state index in [1.807, 2.05) is 47.9 Å².